The van der Waals surface area contributed by atoms with Gasteiger partial charge in [-0.25, -0.2) is 0 Å². The number of hydrogen-bond acceptors (Lipinski definition) is 3. The molecule has 1 N–H and O–H groups in total. The molecule has 0 unspecified atom stereocenters. The second kappa shape index (κ2) is 6.95. The summed E-state index contributed by atoms with van der Waals surface area (Å²) in [5.74, 6) is -0.00802. The molecule has 0 saturated heterocycles. The van der Waals surface area contributed by atoms with E-state index in [1.165, 1.54) is 11.3 Å². The maximum absolute atomic E-state index is 11.4. The molecule has 1 heterocycles. The summed E-state index contributed by atoms with van der Waals surface area (Å²) in [4.78, 5) is 15.9. The number of aromatic nitrogens is 1. The van der Waals surface area contributed by atoms with Crippen molar-refractivity contribution in [1.82, 2.24) is 10.3 Å². The van der Waals surface area contributed by atoms with Crippen LogP contribution in [0.15, 0.2) is 11.7 Å². The molecule has 0 saturated carbocycles. The summed E-state index contributed by atoms with van der Waals surface area (Å²) in [6.45, 7) is 0.754. The van der Waals surface area contributed by atoms with Crippen LogP contribution in [-0.4, -0.2) is 22.8 Å². The number of halogens is 1. The van der Waals surface area contributed by atoms with Gasteiger partial charge in [-0.3, -0.25) is 9.78 Å². The molecule has 1 amide bonds. The standard InChI is InChI=1S/C9H13BrN2OS/c10-4-2-1-3-5-12-9(13)8-6-11-7-14-8/h6-7H,1-5H2,(H,12,13). The van der Waals surface area contributed by atoms with Gasteiger partial charge in [-0.05, 0) is 12.8 Å². The van der Waals surface area contributed by atoms with Crippen LogP contribution in [0.1, 0.15) is 28.9 Å². The second-order valence-corrected chi connectivity index (χ2v) is 4.55. The predicted molar refractivity (Wildman–Crippen MR) is 62.1 cm³/mol. The number of amides is 1. The summed E-state index contributed by atoms with van der Waals surface area (Å²) in [6.07, 6.45) is 4.94. The zero-order chi connectivity index (χ0) is 10.2. The van der Waals surface area contributed by atoms with Crippen LogP contribution in [0, 0.1) is 0 Å². The second-order valence-electron chi connectivity index (χ2n) is 2.87. The first-order valence-corrected chi connectivity index (χ1v) is 6.57. The molecule has 1 aromatic heterocycles. The Bertz CT molecular complexity index is 264. The highest BCUT2D eigenvalue weighted by Crippen LogP contribution is 2.04. The third-order valence-corrected chi connectivity index (χ3v) is 3.08. The summed E-state index contributed by atoms with van der Waals surface area (Å²) < 4.78 is 0. The number of unbranched alkanes of at least 4 members (excludes halogenated alkanes) is 2. The van der Waals surface area contributed by atoms with Gasteiger partial charge in [0.15, 0.2) is 0 Å². The first-order chi connectivity index (χ1) is 6.84. The molecule has 1 aromatic rings. The lowest BCUT2D eigenvalue weighted by Crippen LogP contribution is -2.23. The summed E-state index contributed by atoms with van der Waals surface area (Å²) in [5.41, 5.74) is 1.67. The van der Waals surface area contributed by atoms with E-state index in [-0.39, 0.29) is 5.91 Å². The predicted octanol–water partition coefficient (Wildman–Crippen LogP) is 2.44. The van der Waals surface area contributed by atoms with Crippen LogP contribution in [0.25, 0.3) is 0 Å². The fraction of sp³-hybridized carbons (Fsp3) is 0.556. The molecule has 0 fully saturated rings. The molecular weight excluding hydrogens is 264 g/mol. The molecule has 0 aromatic carbocycles. The Kier molecular flexibility index (Phi) is 5.78. The lowest BCUT2D eigenvalue weighted by atomic mass is 10.2. The summed E-state index contributed by atoms with van der Waals surface area (Å²) in [7, 11) is 0. The smallest absolute Gasteiger partial charge is 0.262 e. The molecule has 3 nitrogen and oxygen atoms in total. The van der Waals surface area contributed by atoms with E-state index in [0.29, 0.717) is 4.88 Å². The van der Waals surface area contributed by atoms with E-state index < -0.39 is 0 Å². The highest BCUT2D eigenvalue weighted by Gasteiger charge is 2.04. The van der Waals surface area contributed by atoms with Crippen molar-refractivity contribution in [1.29, 1.82) is 0 Å². The SMILES string of the molecule is O=C(NCCCCCBr)c1cncs1. The van der Waals surface area contributed by atoms with Crippen LogP contribution >= 0.6 is 27.3 Å². The van der Waals surface area contributed by atoms with Crippen molar-refractivity contribution in [2.24, 2.45) is 0 Å². The molecule has 0 spiro atoms. The molecule has 0 radical (unpaired) electrons. The third kappa shape index (κ3) is 4.19. The van der Waals surface area contributed by atoms with Crippen LogP contribution in [0.2, 0.25) is 0 Å². The Labute approximate surface area is 96.1 Å². The molecule has 1 rings (SSSR count). The highest BCUT2D eigenvalue weighted by atomic mass is 79.9. The fourth-order valence-corrected chi connectivity index (χ4v) is 1.95. The van der Waals surface area contributed by atoms with Crippen molar-refractivity contribution >= 4 is 33.2 Å². The van der Waals surface area contributed by atoms with Crippen molar-refractivity contribution in [3.05, 3.63) is 16.6 Å². The average molecular weight is 277 g/mol. The largest absolute Gasteiger partial charge is 0.351 e. The van der Waals surface area contributed by atoms with E-state index in [9.17, 15) is 4.79 Å². The quantitative estimate of drug-likeness (QED) is 0.641. The van der Waals surface area contributed by atoms with E-state index in [2.05, 4.69) is 26.2 Å². The Hall–Kier alpha value is -0.420. The van der Waals surface area contributed by atoms with Gasteiger partial charge >= 0.3 is 0 Å². The normalized spacial score (nSPS) is 10.1. The van der Waals surface area contributed by atoms with Gasteiger partial charge < -0.3 is 5.32 Å². The minimum atomic E-state index is -0.00802. The summed E-state index contributed by atoms with van der Waals surface area (Å²) in [6, 6.07) is 0. The molecule has 0 aliphatic heterocycles. The van der Waals surface area contributed by atoms with Gasteiger partial charge in [0.1, 0.15) is 4.88 Å². The maximum Gasteiger partial charge on any atom is 0.262 e. The fourth-order valence-electron chi connectivity index (χ4n) is 1.01. The molecule has 5 heteroatoms. The number of rotatable bonds is 6. The number of nitrogens with zero attached hydrogens (tertiary/aromatic N) is 1. The number of hydrogen-bond donors (Lipinski definition) is 1. The molecule has 0 aliphatic rings. The Balaban J connectivity index is 2.10. The lowest BCUT2D eigenvalue weighted by Gasteiger charge is -2.01. The summed E-state index contributed by atoms with van der Waals surface area (Å²) in [5, 5.41) is 3.90. The first-order valence-electron chi connectivity index (χ1n) is 4.57. The van der Waals surface area contributed by atoms with Gasteiger partial charge in [0.25, 0.3) is 5.91 Å². The average Bonchev–Trinajstić information content (AvgIpc) is 2.70. The van der Waals surface area contributed by atoms with Gasteiger partial charge in [-0.1, -0.05) is 22.4 Å². The number of carbonyl (C=O) groups is 1. The van der Waals surface area contributed by atoms with Crippen molar-refractivity contribution in [3.8, 4) is 0 Å². The Morgan fingerprint density at radius 2 is 2.36 bits per heavy atom. The number of carbonyl (C=O) groups excluding carboxylic acids is 1. The molecule has 0 aliphatic carbocycles. The van der Waals surface area contributed by atoms with Gasteiger partial charge in [0.2, 0.25) is 0 Å². The van der Waals surface area contributed by atoms with Crippen LogP contribution in [0.5, 0.6) is 0 Å². The molecule has 0 atom stereocenters. The third-order valence-electron chi connectivity index (χ3n) is 1.75. The Morgan fingerprint density at radius 3 is 3.00 bits per heavy atom. The van der Waals surface area contributed by atoms with Crippen molar-refractivity contribution in [3.63, 3.8) is 0 Å². The van der Waals surface area contributed by atoms with Crippen molar-refractivity contribution < 1.29 is 4.79 Å². The van der Waals surface area contributed by atoms with E-state index in [1.807, 2.05) is 0 Å². The van der Waals surface area contributed by atoms with E-state index in [0.717, 1.165) is 31.1 Å². The van der Waals surface area contributed by atoms with E-state index in [1.54, 1.807) is 11.7 Å². The topological polar surface area (TPSA) is 42.0 Å². The van der Waals surface area contributed by atoms with E-state index >= 15 is 0 Å². The Morgan fingerprint density at radius 1 is 1.50 bits per heavy atom. The van der Waals surface area contributed by atoms with Gasteiger partial charge in [0.05, 0.1) is 11.7 Å². The number of thiazole rings is 1. The monoisotopic (exact) mass is 276 g/mol. The van der Waals surface area contributed by atoms with Crippen LogP contribution in [-0.2, 0) is 0 Å². The first kappa shape index (κ1) is 11.7. The minimum Gasteiger partial charge on any atom is -0.351 e. The molecular formula is C9H13BrN2OS. The number of nitrogens with one attached hydrogen (secondary N) is 1. The van der Waals surface area contributed by atoms with Crippen LogP contribution in [0.4, 0.5) is 0 Å². The molecule has 0 bridgehead atoms. The minimum absolute atomic E-state index is 0.00802. The van der Waals surface area contributed by atoms with Gasteiger partial charge in [0, 0.05) is 11.9 Å². The van der Waals surface area contributed by atoms with Crippen LogP contribution in [0.3, 0.4) is 0 Å². The molecule has 78 valence electrons. The van der Waals surface area contributed by atoms with Crippen LogP contribution < -0.4 is 5.32 Å². The maximum atomic E-state index is 11.4. The van der Waals surface area contributed by atoms with Gasteiger partial charge in [-0.2, -0.15) is 0 Å². The zero-order valence-corrected chi connectivity index (χ0v) is 10.2. The zero-order valence-electron chi connectivity index (χ0n) is 7.83. The van der Waals surface area contributed by atoms with Gasteiger partial charge in [-0.15, -0.1) is 11.3 Å². The number of alkyl halides is 1. The van der Waals surface area contributed by atoms with Crippen molar-refractivity contribution in [2.45, 2.75) is 19.3 Å². The summed E-state index contributed by atoms with van der Waals surface area (Å²) >= 11 is 4.74. The molecule has 14 heavy (non-hydrogen) atoms. The van der Waals surface area contributed by atoms with Crippen molar-refractivity contribution in [2.75, 3.05) is 11.9 Å². The lowest BCUT2D eigenvalue weighted by molar-refractivity contribution is 0.0957. The van der Waals surface area contributed by atoms with E-state index in [4.69, 9.17) is 0 Å². The highest BCUT2D eigenvalue weighted by molar-refractivity contribution is 9.09.